The number of nitrogens with zero attached hydrogens (tertiary/aromatic N) is 2. The summed E-state index contributed by atoms with van der Waals surface area (Å²) in [5.74, 6) is -0.383. The molecule has 0 radical (unpaired) electrons. The van der Waals surface area contributed by atoms with Crippen LogP contribution in [0.1, 0.15) is 5.56 Å². The lowest BCUT2D eigenvalue weighted by Crippen LogP contribution is -1.91. The highest BCUT2D eigenvalue weighted by Crippen LogP contribution is 2.28. The molecule has 0 unspecified atom stereocenters. The van der Waals surface area contributed by atoms with E-state index in [4.69, 9.17) is 0 Å². The van der Waals surface area contributed by atoms with Crippen molar-refractivity contribution in [1.29, 1.82) is 0 Å². The summed E-state index contributed by atoms with van der Waals surface area (Å²) >= 11 is 3.32. The molecule has 0 atom stereocenters. The molecule has 2 aromatic carbocycles. The lowest BCUT2D eigenvalue weighted by Gasteiger charge is -1.99. The molecule has 0 spiro atoms. The van der Waals surface area contributed by atoms with Crippen LogP contribution in [0.3, 0.4) is 0 Å². The Morgan fingerprint density at radius 3 is 2.68 bits per heavy atom. The molecule has 0 aliphatic carbocycles. The molecular formula is C13H9BrN2O3. The molecule has 2 aromatic rings. The van der Waals surface area contributed by atoms with Gasteiger partial charge in [0.1, 0.15) is 0 Å². The van der Waals surface area contributed by atoms with Crippen LogP contribution in [0.2, 0.25) is 0 Å². The van der Waals surface area contributed by atoms with Crippen molar-refractivity contribution in [1.82, 2.24) is 0 Å². The number of hydrogen-bond acceptors (Lipinski definition) is 4. The maximum Gasteiger partial charge on any atom is 0.311 e. The van der Waals surface area contributed by atoms with Crippen LogP contribution in [-0.2, 0) is 0 Å². The molecule has 0 saturated heterocycles. The van der Waals surface area contributed by atoms with Crippen LogP contribution < -0.4 is 0 Å². The Kier molecular flexibility index (Phi) is 3.91. The molecule has 0 amide bonds. The van der Waals surface area contributed by atoms with E-state index in [1.54, 1.807) is 18.2 Å². The lowest BCUT2D eigenvalue weighted by atomic mass is 10.2. The SMILES string of the molecule is O=[N+]([O-])c1cccc(C=Nc2cccc(Br)c2)c1O. The zero-order valence-electron chi connectivity index (χ0n) is 9.65. The third-order valence-electron chi connectivity index (χ3n) is 2.40. The van der Waals surface area contributed by atoms with E-state index in [0.29, 0.717) is 11.3 Å². The van der Waals surface area contributed by atoms with Crippen molar-refractivity contribution in [3.63, 3.8) is 0 Å². The minimum atomic E-state index is -0.633. The smallest absolute Gasteiger partial charge is 0.311 e. The van der Waals surface area contributed by atoms with Gasteiger partial charge in [0.15, 0.2) is 0 Å². The number of nitro benzene ring substituents is 1. The van der Waals surface area contributed by atoms with E-state index in [2.05, 4.69) is 20.9 Å². The standard InChI is InChI=1S/C13H9BrN2O3/c14-10-4-2-5-11(7-10)15-8-9-3-1-6-12(13(9)17)16(18)19/h1-8,17H. The van der Waals surface area contributed by atoms with Crippen LogP contribution in [0.25, 0.3) is 0 Å². The van der Waals surface area contributed by atoms with E-state index in [9.17, 15) is 15.2 Å². The maximum absolute atomic E-state index is 10.7. The van der Waals surface area contributed by atoms with E-state index in [0.717, 1.165) is 4.47 Å². The molecule has 19 heavy (non-hydrogen) atoms. The van der Waals surface area contributed by atoms with Crippen molar-refractivity contribution in [2.24, 2.45) is 4.99 Å². The summed E-state index contributed by atoms with van der Waals surface area (Å²) in [5, 5.41) is 20.4. The van der Waals surface area contributed by atoms with Gasteiger partial charge in [-0.3, -0.25) is 15.1 Å². The number of nitro groups is 1. The summed E-state index contributed by atoms with van der Waals surface area (Å²) in [7, 11) is 0. The number of benzene rings is 2. The number of aliphatic imine (C=N–C) groups is 1. The number of para-hydroxylation sites is 1. The van der Waals surface area contributed by atoms with Crippen LogP contribution in [-0.4, -0.2) is 16.2 Å². The first-order valence-corrected chi connectivity index (χ1v) is 6.13. The van der Waals surface area contributed by atoms with Crippen LogP contribution in [0.15, 0.2) is 51.9 Å². The second-order valence-corrected chi connectivity index (χ2v) is 4.63. The fraction of sp³-hybridized carbons (Fsp3) is 0. The zero-order chi connectivity index (χ0) is 13.8. The Morgan fingerprint density at radius 2 is 2.00 bits per heavy atom. The highest BCUT2D eigenvalue weighted by Gasteiger charge is 2.14. The Bertz CT molecular complexity index is 656. The molecule has 0 heterocycles. The third kappa shape index (κ3) is 3.17. The Labute approximate surface area is 117 Å². The van der Waals surface area contributed by atoms with E-state index < -0.39 is 4.92 Å². The maximum atomic E-state index is 10.7. The fourth-order valence-electron chi connectivity index (χ4n) is 1.50. The Hall–Kier alpha value is -2.21. The minimum Gasteiger partial charge on any atom is -0.502 e. The van der Waals surface area contributed by atoms with Gasteiger partial charge in [-0.1, -0.05) is 28.1 Å². The van der Waals surface area contributed by atoms with E-state index >= 15 is 0 Å². The van der Waals surface area contributed by atoms with Gasteiger partial charge in [-0.15, -0.1) is 0 Å². The molecule has 0 fully saturated rings. The van der Waals surface area contributed by atoms with E-state index in [1.807, 2.05) is 12.1 Å². The van der Waals surface area contributed by atoms with Crippen molar-refractivity contribution in [2.45, 2.75) is 0 Å². The van der Waals surface area contributed by atoms with Crippen LogP contribution in [0.5, 0.6) is 5.75 Å². The summed E-state index contributed by atoms with van der Waals surface area (Å²) in [6, 6.07) is 11.6. The first-order valence-electron chi connectivity index (χ1n) is 5.34. The Morgan fingerprint density at radius 1 is 1.26 bits per heavy atom. The number of aromatic hydroxyl groups is 1. The topological polar surface area (TPSA) is 75.7 Å². The number of hydrogen-bond donors (Lipinski definition) is 1. The summed E-state index contributed by atoms with van der Waals surface area (Å²) in [5.41, 5.74) is 0.646. The highest BCUT2D eigenvalue weighted by atomic mass is 79.9. The van der Waals surface area contributed by atoms with Crippen molar-refractivity contribution in [2.75, 3.05) is 0 Å². The number of phenols is 1. The molecular weight excluding hydrogens is 312 g/mol. The summed E-state index contributed by atoms with van der Waals surface area (Å²) in [4.78, 5) is 14.2. The second-order valence-electron chi connectivity index (χ2n) is 3.71. The van der Waals surface area contributed by atoms with Gasteiger partial charge < -0.3 is 5.11 Å². The van der Waals surface area contributed by atoms with Gasteiger partial charge >= 0.3 is 5.69 Å². The van der Waals surface area contributed by atoms with Gasteiger partial charge in [-0.25, -0.2) is 0 Å². The number of rotatable bonds is 3. The second kappa shape index (κ2) is 5.62. The number of phenolic OH excluding ortho intramolecular Hbond substituents is 1. The highest BCUT2D eigenvalue weighted by molar-refractivity contribution is 9.10. The average Bonchev–Trinajstić information content (AvgIpc) is 2.37. The molecule has 6 heteroatoms. The van der Waals surface area contributed by atoms with E-state index in [-0.39, 0.29) is 11.4 Å². The first kappa shape index (κ1) is 13.2. The molecule has 0 bridgehead atoms. The molecule has 1 N–H and O–H groups in total. The predicted molar refractivity (Wildman–Crippen MR) is 76.2 cm³/mol. The fourth-order valence-corrected chi connectivity index (χ4v) is 1.89. The van der Waals surface area contributed by atoms with Crippen molar-refractivity contribution >= 4 is 33.5 Å². The molecule has 0 saturated carbocycles. The van der Waals surface area contributed by atoms with Gasteiger partial charge in [0.05, 0.1) is 10.6 Å². The normalized spacial score (nSPS) is 10.8. The number of halogens is 1. The first-order chi connectivity index (χ1) is 9.08. The molecule has 0 aromatic heterocycles. The summed E-state index contributed by atoms with van der Waals surface area (Å²) in [6.07, 6.45) is 1.39. The summed E-state index contributed by atoms with van der Waals surface area (Å²) in [6.45, 7) is 0. The van der Waals surface area contributed by atoms with Crippen molar-refractivity contribution in [3.05, 3.63) is 62.6 Å². The lowest BCUT2D eigenvalue weighted by molar-refractivity contribution is -0.385. The molecule has 96 valence electrons. The molecule has 2 rings (SSSR count). The minimum absolute atomic E-state index is 0.300. The summed E-state index contributed by atoms with van der Waals surface area (Å²) < 4.78 is 0.880. The van der Waals surface area contributed by atoms with Gasteiger partial charge in [0.25, 0.3) is 0 Å². The molecule has 0 aliphatic heterocycles. The van der Waals surface area contributed by atoms with Gasteiger partial charge in [-0.2, -0.15) is 0 Å². The average molecular weight is 321 g/mol. The quantitative estimate of drug-likeness (QED) is 0.530. The van der Waals surface area contributed by atoms with Crippen molar-refractivity contribution < 1.29 is 10.0 Å². The van der Waals surface area contributed by atoms with Gasteiger partial charge in [-0.05, 0) is 24.3 Å². The van der Waals surface area contributed by atoms with Crippen LogP contribution >= 0.6 is 15.9 Å². The largest absolute Gasteiger partial charge is 0.502 e. The Balaban J connectivity index is 2.34. The molecule has 5 nitrogen and oxygen atoms in total. The van der Waals surface area contributed by atoms with Gasteiger partial charge in [0.2, 0.25) is 5.75 Å². The van der Waals surface area contributed by atoms with Crippen molar-refractivity contribution in [3.8, 4) is 5.75 Å². The van der Waals surface area contributed by atoms with Crippen LogP contribution in [0, 0.1) is 10.1 Å². The monoisotopic (exact) mass is 320 g/mol. The van der Waals surface area contributed by atoms with E-state index in [1.165, 1.54) is 18.3 Å². The molecule has 0 aliphatic rings. The zero-order valence-corrected chi connectivity index (χ0v) is 11.2. The van der Waals surface area contributed by atoms with Crippen LogP contribution in [0.4, 0.5) is 11.4 Å². The third-order valence-corrected chi connectivity index (χ3v) is 2.90. The predicted octanol–water partition coefficient (Wildman–Crippen LogP) is 3.81. The van der Waals surface area contributed by atoms with Gasteiger partial charge in [0, 0.05) is 22.3 Å².